The van der Waals surface area contributed by atoms with Gasteiger partial charge in [-0.05, 0) is 24.6 Å². The van der Waals surface area contributed by atoms with Crippen LogP contribution in [0.1, 0.15) is 12.5 Å². The number of ether oxygens (including phenoxy) is 1. The molecule has 0 saturated heterocycles. The quantitative estimate of drug-likeness (QED) is 0.716. The summed E-state index contributed by atoms with van der Waals surface area (Å²) < 4.78 is 5.06. The molecule has 13 heavy (non-hydrogen) atoms. The van der Waals surface area contributed by atoms with Crippen LogP contribution in [-0.2, 0) is 15.1 Å². The Kier molecular flexibility index (Phi) is 2.68. The lowest BCUT2D eigenvalue weighted by atomic mass is 9.97. The van der Waals surface area contributed by atoms with Crippen LogP contribution in [0.5, 0.6) is 5.75 Å². The first-order chi connectivity index (χ1) is 6.12. The molecule has 0 heterocycles. The van der Waals surface area contributed by atoms with Gasteiger partial charge in [0.15, 0.2) is 6.29 Å². The maximum atomic E-state index is 10.8. The third kappa shape index (κ3) is 1.87. The predicted octanol–water partition coefficient (Wildman–Crippen LogP) is 1.45. The Morgan fingerprint density at radius 2 is 1.92 bits per heavy atom. The van der Waals surface area contributed by atoms with E-state index in [1.54, 1.807) is 19.1 Å². The van der Waals surface area contributed by atoms with Gasteiger partial charge in [-0.1, -0.05) is 12.1 Å². The van der Waals surface area contributed by atoms with Gasteiger partial charge in [0.2, 0.25) is 0 Å². The van der Waals surface area contributed by atoms with Crippen molar-refractivity contribution in [2.45, 2.75) is 12.5 Å². The number of carbonyl (C=O) groups excluding carboxylic acids is 1. The van der Waals surface area contributed by atoms with E-state index in [-0.39, 0.29) is 5.75 Å². The fourth-order valence-electron chi connectivity index (χ4n) is 1.03. The normalized spacial score (nSPS) is 14.9. The number of rotatable bonds is 3. The van der Waals surface area contributed by atoms with E-state index in [2.05, 4.69) is 0 Å². The second-order valence-electron chi connectivity index (χ2n) is 2.98. The number of aldehydes is 1. The van der Waals surface area contributed by atoms with Crippen molar-refractivity contribution in [2.24, 2.45) is 0 Å². The minimum absolute atomic E-state index is 0.174. The fraction of sp³-hybridized carbons (Fsp3) is 0.300. The molecule has 1 rings (SSSR count). The molecule has 0 fully saturated rings. The minimum atomic E-state index is -0.923. The third-order valence-corrected chi connectivity index (χ3v) is 2.09. The molecular formula is C10H12O3. The van der Waals surface area contributed by atoms with Gasteiger partial charge in [-0.2, -0.15) is 0 Å². The molecule has 0 aliphatic rings. The number of phenols is 1. The highest BCUT2D eigenvalue weighted by atomic mass is 16.5. The van der Waals surface area contributed by atoms with Crippen molar-refractivity contribution in [1.29, 1.82) is 0 Å². The molecule has 0 aliphatic carbocycles. The maximum Gasteiger partial charge on any atom is 0.156 e. The van der Waals surface area contributed by atoms with Gasteiger partial charge in [-0.25, -0.2) is 0 Å². The molecule has 0 amide bonds. The monoisotopic (exact) mass is 180 g/mol. The van der Waals surface area contributed by atoms with Gasteiger partial charge in [-0.15, -0.1) is 0 Å². The van der Waals surface area contributed by atoms with Gasteiger partial charge in [0.25, 0.3) is 0 Å². The summed E-state index contributed by atoms with van der Waals surface area (Å²) in [7, 11) is 1.47. The largest absolute Gasteiger partial charge is 0.508 e. The van der Waals surface area contributed by atoms with Crippen molar-refractivity contribution in [1.82, 2.24) is 0 Å². The Morgan fingerprint density at radius 3 is 2.31 bits per heavy atom. The molecule has 1 aromatic rings. The molecule has 3 heteroatoms. The molecule has 1 N–H and O–H groups in total. The summed E-state index contributed by atoms with van der Waals surface area (Å²) in [5, 5.41) is 9.04. The lowest BCUT2D eigenvalue weighted by Crippen LogP contribution is -2.25. The smallest absolute Gasteiger partial charge is 0.156 e. The van der Waals surface area contributed by atoms with Crippen molar-refractivity contribution in [3.05, 3.63) is 29.8 Å². The van der Waals surface area contributed by atoms with Crippen LogP contribution in [0.4, 0.5) is 0 Å². The Balaban J connectivity index is 3.06. The topological polar surface area (TPSA) is 46.5 Å². The van der Waals surface area contributed by atoms with Crippen LogP contribution >= 0.6 is 0 Å². The molecule has 0 saturated carbocycles. The summed E-state index contributed by atoms with van der Waals surface area (Å²) in [5.41, 5.74) is -0.198. The highest BCUT2D eigenvalue weighted by molar-refractivity contribution is 5.65. The van der Waals surface area contributed by atoms with E-state index in [1.165, 1.54) is 19.2 Å². The van der Waals surface area contributed by atoms with E-state index in [9.17, 15) is 4.79 Å². The van der Waals surface area contributed by atoms with Crippen LogP contribution in [0.3, 0.4) is 0 Å². The van der Waals surface area contributed by atoms with Gasteiger partial charge in [0.05, 0.1) is 0 Å². The molecular weight excluding hydrogens is 168 g/mol. The number of phenolic OH excluding ortho intramolecular Hbond substituents is 1. The standard InChI is InChI=1S/C10H12O3/c1-10(7-11,13-2)8-3-5-9(12)6-4-8/h3-7,12H,1-2H3. The van der Waals surface area contributed by atoms with Gasteiger partial charge in [0, 0.05) is 7.11 Å². The van der Waals surface area contributed by atoms with Crippen molar-refractivity contribution >= 4 is 6.29 Å². The first-order valence-electron chi connectivity index (χ1n) is 3.93. The number of aromatic hydroxyl groups is 1. The molecule has 1 atom stereocenters. The van der Waals surface area contributed by atoms with Crippen molar-refractivity contribution in [3.8, 4) is 5.75 Å². The Labute approximate surface area is 77.0 Å². The molecule has 0 bridgehead atoms. The molecule has 0 radical (unpaired) electrons. The Morgan fingerprint density at radius 1 is 1.38 bits per heavy atom. The van der Waals surface area contributed by atoms with Crippen LogP contribution in [0, 0.1) is 0 Å². The maximum absolute atomic E-state index is 10.8. The average Bonchev–Trinajstić information content (AvgIpc) is 2.18. The van der Waals surface area contributed by atoms with Crippen molar-refractivity contribution < 1.29 is 14.6 Å². The summed E-state index contributed by atoms with van der Waals surface area (Å²) in [5.74, 6) is 0.174. The van der Waals surface area contributed by atoms with Crippen LogP contribution in [0.25, 0.3) is 0 Å². The number of benzene rings is 1. The van der Waals surface area contributed by atoms with E-state index < -0.39 is 5.60 Å². The fourth-order valence-corrected chi connectivity index (χ4v) is 1.03. The van der Waals surface area contributed by atoms with Gasteiger partial charge >= 0.3 is 0 Å². The van der Waals surface area contributed by atoms with Crippen LogP contribution < -0.4 is 0 Å². The van der Waals surface area contributed by atoms with E-state index >= 15 is 0 Å². The average molecular weight is 180 g/mol. The number of hydrogen-bond acceptors (Lipinski definition) is 3. The molecule has 1 aromatic carbocycles. The minimum Gasteiger partial charge on any atom is -0.508 e. The SMILES string of the molecule is COC(C)(C=O)c1ccc(O)cc1. The molecule has 70 valence electrons. The van der Waals surface area contributed by atoms with E-state index in [1.807, 2.05) is 0 Å². The second-order valence-corrected chi connectivity index (χ2v) is 2.98. The number of carbonyl (C=O) groups is 1. The lowest BCUT2D eigenvalue weighted by molar-refractivity contribution is -0.126. The van der Waals surface area contributed by atoms with E-state index in [4.69, 9.17) is 9.84 Å². The molecule has 0 aliphatic heterocycles. The zero-order valence-corrected chi connectivity index (χ0v) is 7.65. The highest BCUT2D eigenvalue weighted by Crippen LogP contribution is 2.23. The second kappa shape index (κ2) is 3.58. The third-order valence-electron chi connectivity index (χ3n) is 2.09. The lowest BCUT2D eigenvalue weighted by Gasteiger charge is -2.21. The summed E-state index contributed by atoms with van der Waals surface area (Å²) in [4.78, 5) is 10.8. The van der Waals surface area contributed by atoms with Crippen molar-refractivity contribution in [3.63, 3.8) is 0 Å². The molecule has 0 aromatic heterocycles. The molecule has 0 spiro atoms. The van der Waals surface area contributed by atoms with Crippen molar-refractivity contribution in [2.75, 3.05) is 7.11 Å². The summed E-state index contributed by atoms with van der Waals surface area (Å²) >= 11 is 0. The molecule has 3 nitrogen and oxygen atoms in total. The van der Waals surface area contributed by atoms with Crippen LogP contribution in [0.2, 0.25) is 0 Å². The first-order valence-corrected chi connectivity index (χ1v) is 3.93. The predicted molar refractivity (Wildman–Crippen MR) is 48.5 cm³/mol. The summed E-state index contributed by atoms with van der Waals surface area (Å²) in [6, 6.07) is 6.37. The molecule has 1 unspecified atom stereocenters. The number of methoxy groups -OCH3 is 1. The number of hydrogen-bond donors (Lipinski definition) is 1. The summed E-state index contributed by atoms with van der Waals surface area (Å²) in [6.45, 7) is 1.67. The van der Waals surface area contributed by atoms with E-state index in [0.717, 1.165) is 11.8 Å². The van der Waals surface area contributed by atoms with Gasteiger partial charge in [-0.3, -0.25) is 4.79 Å². The Hall–Kier alpha value is -1.35. The van der Waals surface area contributed by atoms with Gasteiger partial charge in [0.1, 0.15) is 11.4 Å². The highest BCUT2D eigenvalue weighted by Gasteiger charge is 2.24. The summed E-state index contributed by atoms with van der Waals surface area (Å²) in [6.07, 6.45) is 0.735. The zero-order chi connectivity index (χ0) is 9.90. The van der Waals surface area contributed by atoms with Crippen LogP contribution in [0.15, 0.2) is 24.3 Å². The Bertz CT molecular complexity index is 292. The first kappa shape index (κ1) is 9.74. The van der Waals surface area contributed by atoms with E-state index in [0.29, 0.717) is 0 Å². The van der Waals surface area contributed by atoms with Gasteiger partial charge < -0.3 is 9.84 Å². The van der Waals surface area contributed by atoms with Crippen LogP contribution in [-0.4, -0.2) is 18.5 Å². The zero-order valence-electron chi connectivity index (χ0n) is 7.65.